The van der Waals surface area contributed by atoms with Crippen molar-refractivity contribution in [1.29, 1.82) is 0 Å². The third-order valence-electron chi connectivity index (χ3n) is 1.89. The second kappa shape index (κ2) is 3.03. The zero-order valence-electron chi connectivity index (χ0n) is 6.69. The van der Waals surface area contributed by atoms with Crippen molar-refractivity contribution in [2.45, 2.75) is 12.5 Å². The Labute approximate surface area is 70.8 Å². The molecule has 2 N–H and O–H groups in total. The largest absolute Gasteiger partial charge is 0.496 e. The molecule has 12 heavy (non-hydrogen) atoms. The van der Waals surface area contributed by atoms with E-state index in [0.29, 0.717) is 0 Å². The molecule has 0 amide bonds. The molecule has 2 heterocycles. The Hall–Kier alpha value is -1.22. The maximum Gasteiger partial charge on any atom is 0.128 e. The maximum absolute atomic E-state index is 5.86. The molecule has 1 aromatic heterocycles. The van der Waals surface area contributed by atoms with Crippen LogP contribution in [0.25, 0.3) is 0 Å². The molecule has 0 radical (unpaired) electrons. The van der Waals surface area contributed by atoms with Crippen molar-refractivity contribution in [3.8, 4) is 0 Å². The van der Waals surface area contributed by atoms with Crippen LogP contribution in [0.4, 0.5) is 0 Å². The second-order valence-corrected chi connectivity index (χ2v) is 2.74. The monoisotopic (exact) mass is 165 g/mol. The number of ether oxygens (including phenoxy) is 1. The van der Waals surface area contributed by atoms with Gasteiger partial charge in [0.15, 0.2) is 0 Å². The first-order valence-corrected chi connectivity index (χ1v) is 4.00. The van der Waals surface area contributed by atoms with E-state index in [2.05, 4.69) is 0 Å². The average Bonchev–Trinajstić information content (AvgIpc) is 2.77. The predicted molar refractivity (Wildman–Crippen MR) is 44.3 cm³/mol. The van der Waals surface area contributed by atoms with Crippen LogP contribution in [-0.4, -0.2) is 6.61 Å². The summed E-state index contributed by atoms with van der Waals surface area (Å²) in [4.78, 5) is 0. The van der Waals surface area contributed by atoms with E-state index in [0.717, 1.165) is 24.5 Å². The van der Waals surface area contributed by atoms with E-state index in [9.17, 15) is 0 Å². The molecule has 3 nitrogen and oxygen atoms in total. The van der Waals surface area contributed by atoms with Gasteiger partial charge >= 0.3 is 0 Å². The summed E-state index contributed by atoms with van der Waals surface area (Å²) in [5, 5.41) is 0. The zero-order valence-corrected chi connectivity index (χ0v) is 6.69. The van der Waals surface area contributed by atoms with Crippen molar-refractivity contribution >= 4 is 0 Å². The molecule has 1 unspecified atom stereocenters. The Morgan fingerprint density at radius 3 is 3.00 bits per heavy atom. The molecule has 1 aliphatic heterocycles. The Bertz CT molecular complexity index is 277. The van der Waals surface area contributed by atoms with E-state index in [1.807, 2.05) is 18.2 Å². The summed E-state index contributed by atoms with van der Waals surface area (Å²) in [6.45, 7) is 0.740. The molecule has 1 aromatic rings. The highest BCUT2D eigenvalue weighted by molar-refractivity contribution is 5.17. The standard InChI is InChI=1S/C9H11NO2/c10-9(7-3-1-5-11-7)8-4-2-6-12-8/h1,3-5,9H,2,6,10H2. The number of hydrogen-bond donors (Lipinski definition) is 1. The minimum absolute atomic E-state index is 0.234. The van der Waals surface area contributed by atoms with Gasteiger partial charge < -0.3 is 14.9 Å². The predicted octanol–water partition coefficient (Wildman–Crippen LogP) is 1.58. The summed E-state index contributed by atoms with van der Waals surface area (Å²) < 4.78 is 10.5. The zero-order chi connectivity index (χ0) is 8.39. The van der Waals surface area contributed by atoms with Crippen LogP contribution in [0.2, 0.25) is 0 Å². The molecule has 1 atom stereocenters. The van der Waals surface area contributed by atoms with E-state index >= 15 is 0 Å². The van der Waals surface area contributed by atoms with Crippen molar-refractivity contribution in [3.05, 3.63) is 36.0 Å². The molecule has 1 aliphatic rings. The van der Waals surface area contributed by atoms with Gasteiger partial charge in [0.1, 0.15) is 17.6 Å². The molecule has 0 saturated carbocycles. The van der Waals surface area contributed by atoms with E-state index < -0.39 is 0 Å². The Morgan fingerprint density at radius 1 is 1.50 bits per heavy atom. The molecular weight excluding hydrogens is 154 g/mol. The third kappa shape index (κ3) is 1.23. The molecule has 2 rings (SSSR count). The third-order valence-corrected chi connectivity index (χ3v) is 1.89. The summed E-state index contributed by atoms with van der Waals surface area (Å²) >= 11 is 0. The Morgan fingerprint density at radius 2 is 2.42 bits per heavy atom. The quantitative estimate of drug-likeness (QED) is 0.723. The summed E-state index contributed by atoms with van der Waals surface area (Å²) in [5.74, 6) is 1.58. The highest BCUT2D eigenvalue weighted by Gasteiger charge is 2.18. The lowest BCUT2D eigenvalue weighted by molar-refractivity contribution is 0.219. The van der Waals surface area contributed by atoms with Gasteiger partial charge in [-0.1, -0.05) is 0 Å². The fourth-order valence-electron chi connectivity index (χ4n) is 1.26. The van der Waals surface area contributed by atoms with Gasteiger partial charge in [-0.2, -0.15) is 0 Å². The van der Waals surface area contributed by atoms with Crippen LogP contribution in [0.5, 0.6) is 0 Å². The first-order valence-electron chi connectivity index (χ1n) is 4.00. The lowest BCUT2D eigenvalue weighted by atomic mass is 10.2. The van der Waals surface area contributed by atoms with Crippen molar-refractivity contribution in [3.63, 3.8) is 0 Å². The first kappa shape index (κ1) is 7.43. The molecule has 0 saturated heterocycles. The molecule has 0 fully saturated rings. The maximum atomic E-state index is 5.86. The van der Waals surface area contributed by atoms with Crippen molar-refractivity contribution < 1.29 is 9.15 Å². The highest BCUT2D eigenvalue weighted by atomic mass is 16.5. The first-order chi connectivity index (χ1) is 5.88. The average molecular weight is 165 g/mol. The fourth-order valence-corrected chi connectivity index (χ4v) is 1.26. The van der Waals surface area contributed by atoms with Crippen LogP contribution in [0.3, 0.4) is 0 Å². The molecule has 0 aliphatic carbocycles. The van der Waals surface area contributed by atoms with E-state index in [1.165, 1.54) is 0 Å². The normalized spacial score (nSPS) is 18.6. The van der Waals surface area contributed by atoms with Crippen LogP contribution >= 0.6 is 0 Å². The summed E-state index contributed by atoms with van der Waals surface area (Å²) in [7, 11) is 0. The van der Waals surface area contributed by atoms with Crippen LogP contribution in [0.1, 0.15) is 18.2 Å². The van der Waals surface area contributed by atoms with Gasteiger partial charge in [0.2, 0.25) is 0 Å². The minimum atomic E-state index is -0.234. The molecule has 0 aromatic carbocycles. The van der Waals surface area contributed by atoms with E-state index in [1.54, 1.807) is 6.26 Å². The Kier molecular flexibility index (Phi) is 1.87. The minimum Gasteiger partial charge on any atom is -0.496 e. The summed E-state index contributed by atoms with van der Waals surface area (Å²) in [5.41, 5.74) is 5.86. The van der Waals surface area contributed by atoms with Crippen LogP contribution < -0.4 is 5.73 Å². The molecule has 3 heteroatoms. The van der Waals surface area contributed by atoms with Gasteiger partial charge in [0.05, 0.1) is 12.9 Å². The molecule has 64 valence electrons. The smallest absolute Gasteiger partial charge is 0.128 e. The van der Waals surface area contributed by atoms with Crippen molar-refractivity contribution in [2.24, 2.45) is 5.73 Å². The molecule has 0 bridgehead atoms. The van der Waals surface area contributed by atoms with Crippen LogP contribution in [0, 0.1) is 0 Å². The van der Waals surface area contributed by atoms with Gasteiger partial charge in [0.25, 0.3) is 0 Å². The number of nitrogens with two attached hydrogens (primary N) is 1. The van der Waals surface area contributed by atoms with Crippen molar-refractivity contribution in [2.75, 3.05) is 6.61 Å². The second-order valence-electron chi connectivity index (χ2n) is 2.74. The van der Waals surface area contributed by atoms with Gasteiger partial charge in [0, 0.05) is 6.42 Å². The lowest BCUT2D eigenvalue weighted by Gasteiger charge is -2.09. The van der Waals surface area contributed by atoms with E-state index in [4.69, 9.17) is 14.9 Å². The lowest BCUT2D eigenvalue weighted by Crippen LogP contribution is -2.12. The highest BCUT2D eigenvalue weighted by Crippen LogP contribution is 2.23. The van der Waals surface area contributed by atoms with Gasteiger partial charge in [-0.05, 0) is 18.2 Å². The van der Waals surface area contributed by atoms with Crippen molar-refractivity contribution in [1.82, 2.24) is 0 Å². The summed E-state index contributed by atoms with van der Waals surface area (Å²) in [6.07, 6.45) is 4.57. The molecular formula is C9H11NO2. The number of furan rings is 1. The number of rotatable bonds is 2. The van der Waals surface area contributed by atoms with E-state index in [-0.39, 0.29) is 6.04 Å². The Balaban J connectivity index is 2.14. The SMILES string of the molecule is NC(C1=CCCO1)c1ccco1. The van der Waals surface area contributed by atoms with Crippen LogP contribution in [0.15, 0.2) is 34.6 Å². The van der Waals surface area contributed by atoms with Gasteiger partial charge in [-0.3, -0.25) is 0 Å². The molecule has 0 spiro atoms. The topological polar surface area (TPSA) is 48.4 Å². The fraction of sp³-hybridized carbons (Fsp3) is 0.333. The van der Waals surface area contributed by atoms with Gasteiger partial charge in [-0.25, -0.2) is 0 Å². The van der Waals surface area contributed by atoms with Gasteiger partial charge in [-0.15, -0.1) is 0 Å². The van der Waals surface area contributed by atoms with Crippen LogP contribution in [-0.2, 0) is 4.74 Å². The number of hydrogen-bond acceptors (Lipinski definition) is 3. The summed E-state index contributed by atoms with van der Waals surface area (Å²) in [6, 6.07) is 3.44.